The van der Waals surface area contributed by atoms with Crippen molar-refractivity contribution in [3.63, 3.8) is 0 Å². The van der Waals surface area contributed by atoms with Gasteiger partial charge in [0.1, 0.15) is 18.7 Å². The molecule has 1 aliphatic rings. The number of rotatable bonds is 10. The Morgan fingerprint density at radius 2 is 1.56 bits per heavy atom. The summed E-state index contributed by atoms with van der Waals surface area (Å²) in [4.78, 5) is 38.6. The normalized spacial score (nSPS) is 15.1. The van der Waals surface area contributed by atoms with E-state index in [1.165, 1.54) is 7.11 Å². The van der Waals surface area contributed by atoms with Crippen molar-refractivity contribution in [2.45, 2.75) is 31.0 Å². The zero-order valence-corrected chi connectivity index (χ0v) is 19.8. The number of nitrogens with one attached hydrogen (secondary N) is 2. The molecular formula is C25H31N3O6. The summed E-state index contributed by atoms with van der Waals surface area (Å²) in [6.07, 6.45) is -1.50. The molecule has 0 aromatic heterocycles. The summed E-state index contributed by atoms with van der Waals surface area (Å²) in [6.45, 7) is 1.80. The lowest BCUT2D eigenvalue weighted by Crippen LogP contribution is -2.57. The lowest BCUT2D eigenvalue weighted by Gasteiger charge is -2.26. The number of nitrogens with zero attached hydrogens (tertiary/aromatic N) is 1. The number of benzene rings is 2. The molecule has 9 heteroatoms. The van der Waals surface area contributed by atoms with Gasteiger partial charge in [0, 0.05) is 19.6 Å². The fourth-order valence-electron chi connectivity index (χ4n) is 4.11. The Bertz CT molecular complexity index is 995. The number of carboxylic acid groups (broad SMARTS) is 1. The maximum Gasteiger partial charge on any atom is 0.407 e. The van der Waals surface area contributed by atoms with E-state index in [-0.39, 0.29) is 19.1 Å². The highest BCUT2D eigenvalue weighted by atomic mass is 16.5. The molecule has 0 radical (unpaired) electrons. The molecule has 0 aliphatic heterocycles. The number of hydrogen-bond acceptors (Lipinski definition) is 6. The van der Waals surface area contributed by atoms with Crippen LogP contribution in [0, 0.1) is 0 Å². The fourth-order valence-corrected chi connectivity index (χ4v) is 4.11. The molecule has 0 saturated carbocycles. The van der Waals surface area contributed by atoms with E-state index in [1.807, 2.05) is 48.5 Å². The number of hydrogen-bond donors (Lipinski definition) is 3. The van der Waals surface area contributed by atoms with E-state index in [2.05, 4.69) is 10.6 Å². The molecule has 1 aliphatic carbocycles. The number of amides is 2. The molecule has 3 atom stereocenters. The van der Waals surface area contributed by atoms with E-state index < -0.39 is 36.2 Å². The van der Waals surface area contributed by atoms with Gasteiger partial charge in [0.05, 0.1) is 6.10 Å². The van der Waals surface area contributed by atoms with Crippen molar-refractivity contribution < 1.29 is 29.0 Å². The van der Waals surface area contributed by atoms with Gasteiger partial charge in [-0.25, -0.2) is 9.59 Å². The zero-order valence-electron chi connectivity index (χ0n) is 19.8. The monoisotopic (exact) mass is 469 g/mol. The van der Waals surface area contributed by atoms with Gasteiger partial charge >= 0.3 is 12.1 Å². The van der Waals surface area contributed by atoms with E-state index >= 15 is 0 Å². The van der Waals surface area contributed by atoms with Crippen LogP contribution < -0.4 is 10.6 Å². The number of likely N-dealkylation sites (N-methyl/N-ethyl adjacent to an activating group) is 1. The standard InChI is InChI=1S/C25H31N3O6/c1-15(33-4)22(23(29)26-21(24(30)31)13-28(2)3)27-25(32)34-14-20-18-11-7-5-9-16(18)17-10-6-8-12-19(17)20/h5-12,15,20-22H,13-14H2,1-4H3,(H,26,29)(H,27,32)(H,30,31)/t15-,21+,22+/m1/s1. The van der Waals surface area contributed by atoms with Crippen molar-refractivity contribution in [2.75, 3.05) is 34.4 Å². The van der Waals surface area contributed by atoms with Crippen LogP contribution in [0.15, 0.2) is 48.5 Å². The molecule has 34 heavy (non-hydrogen) atoms. The van der Waals surface area contributed by atoms with Crippen LogP contribution in [-0.4, -0.2) is 80.5 Å². The molecule has 3 N–H and O–H groups in total. The first kappa shape index (κ1) is 25.2. The molecule has 0 fully saturated rings. The molecule has 182 valence electrons. The number of carbonyl (C=O) groups excluding carboxylic acids is 2. The van der Waals surface area contributed by atoms with Crippen LogP contribution in [0.2, 0.25) is 0 Å². The van der Waals surface area contributed by atoms with Gasteiger partial charge in [0.25, 0.3) is 0 Å². The quantitative estimate of drug-likeness (QED) is 0.488. The van der Waals surface area contributed by atoms with Crippen molar-refractivity contribution >= 4 is 18.0 Å². The van der Waals surface area contributed by atoms with Crippen molar-refractivity contribution in [3.8, 4) is 11.1 Å². The maximum atomic E-state index is 12.8. The highest BCUT2D eigenvalue weighted by Gasteiger charge is 2.33. The van der Waals surface area contributed by atoms with Gasteiger partial charge in [-0.15, -0.1) is 0 Å². The fraction of sp³-hybridized carbons (Fsp3) is 0.400. The van der Waals surface area contributed by atoms with E-state index in [1.54, 1.807) is 25.9 Å². The maximum absolute atomic E-state index is 12.8. The molecule has 0 saturated heterocycles. The van der Waals surface area contributed by atoms with Crippen molar-refractivity contribution in [1.29, 1.82) is 0 Å². The van der Waals surface area contributed by atoms with Gasteiger partial charge in [-0.1, -0.05) is 48.5 Å². The zero-order chi connectivity index (χ0) is 24.8. The third-order valence-corrected chi connectivity index (χ3v) is 5.90. The predicted octanol–water partition coefficient (Wildman–Crippen LogP) is 2.06. The van der Waals surface area contributed by atoms with Crippen LogP contribution in [0.4, 0.5) is 4.79 Å². The first-order valence-corrected chi connectivity index (χ1v) is 11.0. The van der Waals surface area contributed by atoms with Gasteiger partial charge in [0.2, 0.25) is 5.91 Å². The van der Waals surface area contributed by atoms with Gasteiger partial charge in [0.15, 0.2) is 0 Å². The second-order valence-electron chi connectivity index (χ2n) is 8.55. The number of carbonyl (C=O) groups is 3. The highest BCUT2D eigenvalue weighted by molar-refractivity contribution is 5.90. The number of ether oxygens (including phenoxy) is 2. The van der Waals surface area contributed by atoms with Crippen molar-refractivity contribution in [1.82, 2.24) is 15.5 Å². The van der Waals surface area contributed by atoms with Crippen LogP contribution >= 0.6 is 0 Å². The third-order valence-electron chi connectivity index (χ3n) is 5.90. The molecular weight excluding hydrogens is 438 g/mol. The van der Waals surface area contributed by atoms with Crippen LogP contribution in [0.1, 0.15) is 24.0 Å². The van der Waals surface area contributed by atoms with Crippen LogP contribution in [0.5, 0.6) is 0 Å². The summed E-state index contributed by atoms with van der Waals surface area (Å²) < 4.78 is 10.8. The minimum Gasteiger partial charge on any atom is -0.480 e. The summed E-state index contributed by atoms with van der Waals surface area (Å²) >= 11 is 0. The lowest BCUT2D eigenvalue weighted by molar-refractivity contribution is -0.143. The van der Waals surface area contributed by atoms with Crippen LogP contribution in [0.25, 0.3) is 11.1 Å². The Labute approximate surface area is 199 Å². The summed E-state index contributed by atoms with van der Waals surface area (Å²) in [6, 6.07) is 13.7. The topological polar surface area (TPSA) is 117 Å². The van der Waals surface area contributed by atoms with E-state index in [0.29, 0.717) is 0 Å². The first-order chi connectivity index (χ1) is 16.2. The Balaban J connectivity index is 1.68. The number of methoxy groups -OCH3 is 1. The molecule has 2 aromatic carbocycles. The second kappa shape index (κ2) is 11.1. The smallest absolute Gasteiger partial charge is 0.407 e. The minimum atomic E-state index is -1.17. The van der Waals surface area contributed by atoms with E-state index in [4.69, 9.17) is 9.47 Å². The highest BCUT2D eigenvalue weighted by Crippen LogP contribution is 2.44. The van der Waals surface area contributed by atoms with Gasteiger partial charge in [-0.05, 0) is 43.3 Å². The first-order valence-electron chi connectivity index (χ1n) is 11.0. The van der Waals surface area contributed by atoms with E-state index in [0.717, 1.165) is 22.3 Å². The molecule has 0 unspecified atom stereocenters. The average Bonchev–Trinajstić information content (AvgIpc) is 3.13. The Morgan fingerprint density at radius 1 is 1.00 bits per heavy atom. The molecule has 2 amide bonds. The predicted molar refractivity (Wildman–Crippen MR) is 127 cm³/mol. The average molecular weight is 470 g/mol. The number of aliphatic carboxylic acids is 1. The van der Waals surface area contributed by atoms with Crippen molar-refractivity contribution in [3.05, 3.63) is 59.7 Å². The van der Waals surface area contributed by atoms with Gasteiger partial charge in [-0.2, -0.15) is 0 Å². The third kappa shape index (κ3) is 5.73. The minimum absolute atomic E-state index is 0.0912. The lowest BCUT2D eigenvalue weighted by atomic mass is 9.98. The van der Waals surface area contributed by atoms with E-state index in [9.17, 15) is 19.5 Å². The second-order valence-corrected chi connectivity index (χ2v) is 8.55. The summed E-state index contributed by atoms with van der Waals surface area (Å²) in [5.41, 5.74) is 4.36. The molecule has 2 aromatic rings. The summed E-state index contributed by atoms with van der Waals surface area (Å²) in [5.74, 6) is -1.97. The Hall–Kier alpha value is -3.43. The molecule has 3 rings (SSSR count). The number of fused-ring (bicyclic) bond motifs is 3. The van der Waals surface area contributed by atoms with Crippen LogP contribution in [0.3, 0.4) is 0 Å². The Kier molecular flexibility index (Phi) is 8.25. The van der Waals surface area contributed by atoms with Crippen molar-refractivity contribution in [2.24, 2.45) is 0 Å². The summed E-state index contributed by atoms with van der Waals surface area (Å²) in [7, 11) is 4.80. The molecule has 0 heterocycles. The molecule has 0 bridgehead atoms. The van der Waals surface area contributed by atoms with Gasteiger partial charge in [-0.3, -0.25) is 4.79 Å². The number of alkyl carbamates (subject to hydrolysis) is 1. The Morgan fingerprint density at radius 3 is 2.06 bits per heavy atom. The number of carboxylic acids is 1. The molecule has 9 nitrogen and oxygen atoms in total. The van der Waals surface area contributed by atoms with Gasteiger partial charge < -0.3 is 30.1 Å². The van der Waals surface area contributed by atoms with Crippen LogP contribution in [-0.2, 0) is 19.1 Å². The molecule has 0 spiro atoms. The summed E-state index contributed by atoms with van der Waals surface area (Å²) in [5, 5.41) is 14.4. The SMILES string of the molecule is CO[C@H](C)[C@H](NC(=O)OCC1c2ccccc2-c2ccccc21)C(=O)N[C@@H](CN(C)C)C(=O)O. The largest absolute Gasteiger partial charge is 0.480 e.